The third-order valence-electron chi connectivity index (χ3n) is 7.98. The number of ether oxygens (including phenoxy) is 2. The van der Waals surface area contributed by atoms with Gasteiger partial charge in [0.05, 0.1) is 27.6 Å². The van der Waals surface area contributed by atoms with Gasteiger partial charge in [0.2, 0.25) is 20.0 Å². The number of benzene rings is 2. The highest BCUT2D eigenvalue weighted by Crippen LogP contribution is 2.37. The van der Waals surface area contributed by atoms with E-state index in [1.165, 1.54) is 29.7 Å². The van der Waals surface area contributed by atoms with Gasteiger partial charge >= 0.3 is 0 Å². The molecule has 14 heteroatoms. The lowest BCUT2D eigenvalue weighted by Gasteiger charge is -2.38. The molecule has 0 bridgehead atoms. The van der Waals surface area contributed by atoms with E-state index in [0.29, 0.717) is 61.4 Å². The lowest BCUT2D eigenvalue weighted by molar-refractivity contribution is -0.0312. The summed E-state index contributed by atoms with van der Waals surface area (Å²) in [4.78, 5) is 4.34. The van der Waals surface area contributed by atoms with E-state index in [2.05, 4.69) is 21.1 Å². The van der Waals surface area contributed by atoms with E-state index in [9.17, 15) is 27.2 Å². The van der Waals surface area contributed by atoms with Crippen LogP contribution in [-0.4, -0.2) is 88.9 Å². The minimum Gasteiger partial charge on any atom is -0.491 e. The number of nitriles is 1. The minimum absolute atomic E-state index is 0.00799. The Kier molecular flexibility index (Phi) is 9.66. The van der Waals surface area contributed by atoms with E-state index >= 15 is 0 Å². The molecular weight excluding hydrogens is 606 g/mol. The minimum atomic E-state index is -3.74. The van der Waals surface area contributed by atoms with Crippen LogP contribution in [0.25, 0.3) is 11.1 Å². The molecule has 1 spiro atoms. The van der Waals surface area contributed by atoms with Crippen LogP contribution in [0, 0.1) is 11.3 Å². The van der Waals surface area contributed by atoms with E-state index in [1.54, 1.807) is 48.7 Å². The summed E-state index contributed by atoms with van der Waals surface area (Å²) in [6.45, 7) is 1.32. The molecule has 0 saturated carbocycles. The van der Waals surface area contributed by atoms with E-state index < -0.39 is 31.8 Å². The van der Waals surface area contributed by atoms with Gasteiger partial charge in [-0.2, -0.15) is 9.57 Å². The van der Waals surface area contributed by atoms with Crippen molar-refractivity contribution in [2.45, 2.75) is 46.8 Å². The second-order valence-electron chi connectivity index (χ2n) is 11.0. The first kappa shape index (κ1) is 32.0. The quantitative estimate of drug-likeness (QED) is 0.281. The number of nitrogens with one attached hydrogen (secondary N) is 2. The Labute approximate surface area is 257 Å². The summed E-state index contributed by atoms with van der Waals surface area (Å²) in [5, 5.41) is 22.9. The molecule has 2 atom stereocenters. The zero-order valence-electron chi connectivity index (χ0n) is 24.2. The highest BCUT2D eigenvalue weighted by atomic mass is 32.2. The van der Waals surface area contributed by atoms with E-state index in [4.69, 9.17) is 9.47 Å². The predicted molar refractivity (Wildman–Crippen MR) is 162 cm³/mol. The number of aliphatic hydroxyl groups excluding tert-OH is 1. The number of aliphatic hydroxyl groups is 1. The van der Waals surface area contributed by atoms with Gasteiger partial charge < -0.3 is 19.9 Å². The lowest BCUT2D eigenvalue weighted by atomic mass is 9.88. The van der Waals surface area contributed by atoms with Gasteiger partial charge in [-0.1, -0.05) is 18.2 Å². The Morgan fingerprint density at radius 1 is 1.09 bits per heavy atom. The molecule has 2 fully saturated rings. The first-order valence-corrected chi connectivity index (χ1v) is 17.1. The molecule has 1 aromatic heterocycles. The van der Waals surface area contributed by atoms with Gasteiger partial charge in [0, 0.05) is 49.7 Å². The van der Waals surface area contributed by atoms with Crippen molar-refractivity contribution in [1.82, 2.24) is 19.3 Å². The third-order valence-corrected chi connectivity index (χ3v) is 11.3. The molecule has 3 N–H and O–H groups in total. The fourth-order valence-electron chi connectivity index (χ4n) is 5.51. The van der Waals surface area contributed by atoms with Gasteiger partial charge in [0.1, 0.15) is 24.5 Å². The van der Waals surface area contributed by atoms with Crippen LogP contribution in [0.4, 0.5) is 0 Å². The highest BCUT2D eigenvalue weighted by molar-refractivity contribution is 7.89. The molecule has 44 heavy (non-hydrogen) atoms. The van der Waals surface area contributed by atoms with E-state index in [0.717, 1.165) is 0 Å². The molecular formula is C30H35N5O7S2. The van der Waals surface area contributed by atoms with Gasteiger partial charge in [-0.3, -0.25) is 4.98 Å². The van der Waals surface area contributed by atoms with Crippen molar-refractivity contribution in [3.63, 3.8) is 0 Å². The average molecular weight is 642 g/mol. The van der Waals surface area contributed by atoms with E-state index in [-0.39, 0.29) is 29.0 Å². The largest absolute Gasteiger partial charge is 0.491 e. The summed E-state index contributed by atoms with van der Waals surface area (Å²) in [6, 6.07) is 16.4. The first-order chi connectivity index (χ1) is 21.0. The van der Waals surface area contributed by atoms with Crippen LogP contribution in [0.1, 0.15) is 24.8 Å². The van der Waals surface area contributed by atoms with Crippen LogP contribution in [0.15, 0.2) is 76.8 Å². The second kappa shape index (κ2) is 13.3. The molecule has 2 aliphatic heterocycles. The Balaban J connectivity index is 1.11. The highest BCUT2D eigenvalue weighted by Gasteiger charge is 2.44. The maximum absolute atomic E-state index is 13.5. The Morgan fingerprint density at radius 2 is 1.84 bits per heavy atom. The van der Waals surface area contributed by atoms with Crippen LogP contribution in [0.2, 0.25) is 0 Å². The summed E-state index contributed by atoms with van der Waals surface area (Å²) in [6.07, 6.45) is 4.02. The Bertz CT molecular complexity index is 1740. The summed E-state index contributed by atoms with van der Waals surface area (Å²) >= 11 is 0. The monoisotopic (exact) mass is 641 g/mol. The van der Waals surface area contributed by atoms with Crippen molar-refractivity contribution in [3.05, 3.63) is 72.6 Å². The molecule has 3 heterocycles. The molecule has 234 valence electrons. The predicted octanol–water partition coefficient (Wildman–Crippen LogP) is 1.87. The topological polar surface area (TPSA) is 171 Å². The van der Waals surface area contributed by atoms with Crippen LogP contribution in [0.5, 0.6) is 5.75 Å². The molecule has 0 radical (unpaired) electrons. The standard InChI is InChI=1S/C30H35N5O7S2/c1-32-43(37,38)28-6-3-5-27(14-28)41-21-26(36)19-34-25-15-30(42-20-25)8-10-35(11-9-30)44(39,40)29-7-2-4-23(13-29)24-12-22(16-31)17-33-18-24/h2-7,12-14,17-18,25-26,32,34,36H,8-11,15,19-21H2,1H3/t25?,26-/m0/s1. The number of pyridine rings is 1. The number of hydrogen-bond donors (Lipinski definition) is 3. The number of sulfonamides is 2. The fourth-order valence-corrected chi connectivity index (χ4v) is 7.76. The third kappa shape index (κ3) is 7.27. The van der Waals surface area contributed by atoms with Gasteiger partial charge in [0.25, 0.3) is 0 Å². The average Bonchev–Trinajstić information content (AvgIpc) is 3.45. The number of rotatable bonds is 11. The van der Waals surface area contributed by atoms with Crippen molar-refractivity contribution in [3.8, 4) is 22.9 Å². The number of nitrogens with zero attached hydrogens (tertiary/aromatic N) is 3. The maximum atomic E-state index is 13.5. The fraction of sp³-hybridized carbons (Fsp3) is 0.400. The van der Waals surface area contributed by atoms with Crippen molar-refractivity contribution in [2.75, 3.05) is 39.9 Å². The van der Waals surface area contributed by atoms with Crippen LogP contribution >= 0.6 is 0 Å². The Morgan fingerprint density at radius 3 is 2.59 bits per heavy atom. The smallest absolute Gasteiger partial charge is 0.243 e. The van der Waals surface area contributed by atoms with Crippen molar-refractivity contribution >= 4 is 20.0 Å². The molecule has 1 unspecified atom stereocenters. The lowest BCUT2D eigenvalue weighted by Crippen LogP contribution is -2.47. The van der Waals surface area contributed by atoms with Crippen LogP contribution in [0.3, 0.4) is 0 Å². The Hall–Kier alpha value is -3.42. The summed E-state index contributed by atoms with van der Waals surface area (Å²) in [5.74, 6) is 0.335. The molecule has 5 rings (SSSR count). The molecule has 0 aliphatic carbocycles. The molecule has 2 aliphatic rings. The van der Waals surface area contributed by atoms with Crippen LogP contribution in [-0.2, 0) is 24.8 Å². The summed E-state index contributed by atoms with van der Waals surface area (Å²) in [5.41, 5.74) is 1.30. The second-order valence-corrected chi connectivity index (χ2v) is 14.8. The molecule has 0 amide bonds. The SMILES string of the molecule is CNS(=O)(=O)c1cccc(OC[C@@H](O)CNC2COC3(CCN(S(=O)(=O)c4cccc(-c5cncc(C#N)c5)c4)CC3)C2)c1. The van der Waals surface area contributed by atoms with Gasteiger partial charge in [-0.15, -0.1) is 0 Å². The molecule has 2 aromatic carbocycles. The summed E-state index contributed by atoms with van der Waals surface area (Å²) < 4.78 is 66.6. The number of aromatic nitrogens is 1. The molecule has 3 aromatic rings. The van der Waals surface area contributed by atoms with Gasteiger partial charge in [0.15, 0.2) is 0 Å². The zero-order chi connectivity index (χ0) is 31.4. The van der Waals surface area contributed by atoms with E-state index in [1.807, 2.05) is 0 Å². The molecule has 12 nitrogen and oxygen atoms in total. The van der Waals surface area contributed by atoms with Crippen LogP contribution < -0.4 is 14.8 Å². The van der Waals surface area contributed by atoms with Crippen molar-refractivity contribution in [2.24, 2.45) is 0 Å². The van der Waals surface area contributed by atoms with Gasteiger partial charge in [-0.25, -0.2) is 21.6 Å². The first-order valence-electron chi connectivity index (χ1n) is 14.2. The van der Waals surface area contributed by atoms with Crippen molar-refractivity contribution < 1.29 is 31.4 Å². The maximum Gasteiger partial charge on any atom is 0.243 e. The normalized spacial score (nSPS) is 19.4. The van der Waals surface area contributed by atoms with Crippen molar-refractivity contribution in [1.29, 1.82) is 5.26 Å². The summed E-state index contributed by atoms with van der Waals surface area (Å²) in [7, 11) is -6.01. The number of piperidine rings is 1. The molecule has 2 saturated heterocycles. The zero-order valence-corrected chi connectivity index (χ0v) is 25.9. The number of hydrogen-bond acceptors (Lipinski definition) is 10. The van der Waals surface area contributed by atoms with Gasteiger partial charge in [-0.05, 0) is 62.2 Å².